The van der Waals surface area contributed by atoms with Crippen LogP contribution in [-0.2, 0) is 6.42 Å². The van der Waals surface area contributed by atoms with E-state index in [1.165, 1.54) is 5.56 Å². The summed E-state index contributed by atoms with van der Waals surface area (Å²) in [4.78, 5) is 19.0. The van der Waals surface area contributed by atoms with Crippen LogP contribution in [0.1, 0.15) is 49.4 Å². The molecule has 1 aromatic heterocycles. The number of allylic oxidation sites excluding steroid dienone is 1. The van der Waals surface area contributed by atoms with Gasteiger partial charge in [-0.2, -0.15) is 4.98 Å². The Hall–Kier alpha value is -3.41. The zero-order valence-electron chi connectivity index (χ0n) is 17.8. The van der Waals surface area contributed by atoms with E-state index in [4.69, 9.17) is 4.52 Å². The molecule has 1 N–H and O–H groups in total. The van der Waals surface area contributed by atoms with Gasteiger partial charge in [-0.15, -0.1) is 0 Å². The maximum absolute atomic E-state index is 12.7. The van der Waals surface area contributed by atoms with Crippen LogP contribution >= 0.6 is 0 Å². The highest BCUT2D eigenvalue weighted by molar-refractivity contribution is 5.86. The van der Waals surface area contributed by atoms with E-state index in [-0.39, 0.29) is 12.1 Å². The van der Waals surface area contributed by atoms with Gasteiger partial charge in [-0.3, -0.25) is 4.90 Å². The van der Waals surface area contributed by atoms with Gasteiger partial charge in [0.1, 0.15) is 0 Å². The first kappa shape index (κ1) is 19.9. The fourth-order valence-electron chi connectivity index (χ4n) is 3.79. The lowest BCUT2D eigenvalue weighted by Gasteiger charge is -2.34. The van der Waals surface area contributed by atoms with Crippen molar-refractivity contribution < 1.29 is 9.32 Å². The molecule has 0 spiro atoms. The minimum Gasteiger partial charge on any atom is -0.334 e. The number of carbonyl (C=O) groups is 1. The van der Waals surface area contributed by atoms with Gasteiger partial charge < -0.3 is 9.84 Å². The Balaban J connectivity index is 1.78. The molecule has 0 saturated heterocycles. The van der Waals surface area contributed by atoms with E-state index in [9.17, 15) is 4.79 Å². The van der Waals surface area contributed by atoms with Gasteiger partial charge in [-0.1, -0.05) is 66.2 Å². The quantitative estimate of drug-likeness (QED) is 0.643. The first-order valence-corrected chi connectivity index (χ1v) is 10.3. The molecule has 2 amide bonds. The number of urea groups is 1. The molecule has 2 aromatic carbocycles. The third kappa shape index (κ3) is 3.61. The molecule has 1 atom stereocenters. The maximum atomic E-state index is 12.7. The molecule has 30 heavy (non-hydrogen) atoms. The molecular weight excluding hydrogens is 376 g/mol. The third-order valence-corrected chi connectivity index (χ3v) is 5.60. The van der Waals surface area contributed by atoms with E-state index in [0.29, 0.717) is 18.3 Å². The predicted molar refractivity (Wildman–Crippen MR) is 117 cm³/mol. The molecule has 3 aromatic rings. The van der Waals surface area contributed by atoms with Gasteiger partial charge in [-0.05, 0) is 38.3 Å². The summed E-state index contributed by atoms with van der Waals surface area (Å²) in [5.41, 5.74) is 5.95. The van der Waals surface area contributed by atoms with E-state index < -0.39 is 0 Å². The summed E-state index contributed by atoms with van der Waals surface area (Å²) >= 11 is 0. The second kappa shape index (κ2) is 8.14. The van der Waals surface area contributed by atoms with Crippen molar-refractivity contribution >= 4 is 11.6 Å². The number of hydrogen-bond acceptors (Lipinski definition) is 4. The molecule has 1 unspecified atom stereocenters. The minimum absolute atomic E-state index is 0.126. The van der Waals surface area contributed by atoms with Crippen LogP contribution < -0.4 is 5.32 Å². The Kier molecular flexibility index (Phi) is 5.40. The Bertz CT molecular complexity index is 1080. The Labute approximate surface area is 176 Å². The zero-order valence-corrected chi connectivity index (χ0v) is 17.8. The highest BCUT2D eigenvalue weighted by Gasteiger charge is 2.35. The topological polar surface area (TPSA) is 71.3 Å². The van der Waals surface area contributed by atoms with Crippen molar-refractivity contribution in [2.75, 3.05) is 6.54 Å². The normalized spacial score (nSPS) is 16.7. The van der Waals surface area contributed by atoms with Gasteiger partial charge in [0, 0.05) is 17.8 Å². The predicted octanol–water partition coefficient (Wildman–Crippen LogP) is 5.12. The second-order valence-corrected chi connectivity index (χ2v) is 7.51. The van der Waals surface area contributed by atoms with Gasteiger partial charge >= 0.3 is 6.03 Å². The molecule has 0 saturated carbocycles. The highest BCUT2D eigenvalue weighted by atomic mass is 16.5. The molecule has 4 rings (SSSR count). The number of amides is 2. The third-order valence-electron chi connectivity index (χ3n) is 5.60. The average Bonchev–Trinajstić information content (AvgIpc) is 3.24. The van der Waals surface area contributed by atoms with Gasteiger partial charge in [0.05, 0.1) is 11.6 Å². The lowest BCUT2D eigenvalue weighted by Crippen LogP contribution is -2.45. The molecule has 6 nitrogen and oxygen atoms in total. The second-order valence-electron chi connectivity index (χ2n) is 7.51. The van der Waals surface area contributed by atoms with Crippen LogP contribution in [0.15, 0.2) is 58.8 Å². The summed E-state index contributed by atoms with van der Waals surface area (Å²) in [5, 5.41) is 7.31. The number of nitrogens with zero attached hydrogens (tertiary/aromatic N) is 3. The van der Waals surface area contributed by atoms with Crippen LogP contribution in [0.5, 0.6) is 0 Å². The van der Waals surface area contributed by atoms with E-state index in [1.54, 1.807) is 4.90 Å². The maximum Gasteiger partial charge on any atom is 0.322 e. The highest BCUT2D eigenvalue weighted by Crippen LogP contribution is 2.37. The number of carbonyl (C=O) groups excluding carboxylic acids is 1. The van der Waals surface area contributed by atoms with Crippen molar-refractivity contribution in [3.05, 3.63) is 76.8 Å². The van der Waals surface area contributed by atoms with E-state index in [2.05, 4.69) is 34.5 Å². The molecule has 1 aliphatic rings. The number of aryl methyl sites for hydroxylation is 2. The fourth-order valence-corrected chi connectivity index (χ4v) is 3.79. The number of rotatable bonds is 5. The van der Waals surface area contributed by atoms with E-state index >= 15 is 0 Å². The Morgan fingerprint density at radius 3 is 2.37 bits per heavy atom. The molecule has 1 aliphatic heterocycles. The van der Waals surface area contributed by atoms with Crippen LogP contribution in [0.4, 0.5) is 4.79 Å². The summed E-state index contributed by atoms with van der Waals surface area (Å²) in [7, 11) is 0. The zero-order chi connectivity index (χ0) is 21.3. The lowest BCUT2D eigenvalue weighted by atomic mass is 9.94. The lowest BCUT2D eigenvalue weighted by molar-refractivity contribution is 0.207. The van der Waals surface area contributed by atoms with Crippen molar-refractivity contribution in [2.24, 2.45) is 0 Å². The monoisotopic (exact) mass is 402 g/mol. The molecular formula is C24H26N4O2. The average molecular weight is 402 g/mol. The van der Waals surface area contributed by atoms with Crippen LogP contribution in [0.2, 0.25) is 0 Å². The number of hydrogen-bond donors (Lipinski definition) is 1. The molecule has 0 radical (unpaired) electrons. The van der Waals surface area contributed by atoms with Gasteiger partial charge in [-0.25, -0.2) is 4.79 Å². The number of benzene rings is 2. The number of nitrogens with one attached hydrogen (secondary N) is 1. The molecule has 2 heterocycles. The summed E-state index contributed by atoms with van der Waals surface area (Å²) in [6, 6.07) is 15.8. The Morgan fingerprint density at radius 1 is 1.03 bits per heavy atom. The smallest absolute Gasteiger partial charge is 0.322 e. The van der Waals surface area contributed by atoms with Crippen molar-refractivity contribution in [3.8, 4) is 11.4 Å². The fraction of sp³-hybridized carbons (Fsp3) is 0.292. The molecule has 0 aliphatic carbocycles. The largest absolute Gasteiger partial charge is 0.334 e. The molecule has 154 valence electrons. The van der Waals surface area contributed by atoms with Crippen LogP contribution in [0, 0.1) is 6.92 Å². The molecule has 0 bridgehead atoms. The van der Waals surface area contributed by atoms with Crippen molar-refractivity contribution in [2.45, 2.75) is 40.2 Å². The van der Waals surface area contributed by atoms with Crippen LogP contribution in [0.25, 0.3) is 17.0 Å². The van der Waals surface area contributed by atoms with Gasteiger partial charge in [0.15, 0.2) is 0 Å². The number of aromatic nitrogens is 2. The van der Waals surface area contributed by atoms with Crippen molar-refractivity contribution in [3.63, 3.8) is 0 Å². The SMILES string of the molecule is CCc1ccc(-c2noc(C3=C(C)N(CC)C(=O)NC3c3ccc(C)cc3)n2)cc1. The summed E-state index contributed by atoms with van der Waals surface area (Å²) < 4.78 is 5.69. The summed E-state index contributed by atoms with van der Waals surface area (Å²) in [5.74, 6) is 0.960. The van der Waals surface area contributed by atoms with Crippen molar-refractivity contribution in [1.82, 2.24) is 20.4 Å². The van der Waals surface area contributed by atoms with Gasteiger partial charge in [0.2, 0.25) is 5.82 Å². The Morgan fingerprint density at radius 2 is 1.73 bits per heavy atom. The van der Waals surface area contributed by atoms with Crippen LogP contribution in [0.3, 0.4) is 0 Å². The van der Waals surface area contributed by atoms with Crippen LogP contribution in [-0.4, -0.2) is 27.6 Å². The van der Waals surface area contributed by atoms with Gasteiger partial charge in [0.25, 0.3) is 5.89 Å². The van der Waals surface area contributed by atoms with Crippen molar-refractivity contribution in [1.29, 1.82) is 0 Å². The van der Waals surface area contributed by atoms with E-state index in [0.717, 1.165) is 34.4 Å². The van der Waals surface area contributed by atoms with E-state index in [1.807, 2.05) is 57.2 Å². The molecule has 0 fully saturated rings. The molecule has 6 heteroatoms. The first-order valence-electron chi connectivity index (χ1n) is 10.3. The summed E-state index contributed by atoms with van der Waals surface area (Å²) in [6.07, 6.45) is 0.981. The first-order chi connectivity index (χ1) is 14.5. The standard InChI is InChI=1S/C24H26N4O2/c1-5-17-9-13-19(14-10-17)22-26-23(30-27-22)20-16(4)28(6-2)24(29)25-21(20)18-11-7-15(3)8-12-18/h7-14,21H,5-6H2,1-4H3,(H,25,29). The minimum atomic E-state index is -0.350. The summed E-state index contributed by atoms with van der Waals surface area (Å²) in [6.45, 7) is 8.60.